The Hall–Kier alpha value is 0.490. The Labute approximate surface area is 103 Å². The molecule has 14 heavy (non-hydrogen) atoms. The van der Waals surface area contributed by atoms with Gasteiger partial charge < -0.3 is 5.32 Å². The van der Waals surface area contributed by atoms with Crippen molar-refractivity contribution >= 4 is 39.0 Å². The monoisotopic (exact) mass is 293 g/mol. The van der Waals surface area contributed by atoms with E-state index in [1.54, 1.807) is 11.3 Å². The summed E-state index contributed by atoms with van der Waals surface area (Å²) in [5.41, 5.74) is 0. The molecule has 1 rings (SSSR count). The Bertz CT molecular complexity index is 283. The number of hydrogen-bond acceptors (Lipinski definition) is 3. The van der Waals surface area contributed by atoms with Crippen LogP contribution in [0.25, 0.3) is 0 Å². The number of thiophene rings is 1. The average Bonchev–Trinajstić information content (AvgIpc) is 2.51. The normalized spacial score (nSPS) is 12.0. The summed E-state index contributed by atoms with van der Waals surface area (Å²) in [6, 6.07) is 4.26. The maximum absolute atomic E-state index is 3.47. The first-order chi connectivity index (χ1) is 6.53. The van der Waals surface area contributed by atoms with Gasteiger partial charge in [-0.05, 0) is 48.2 Å². The third-order valence-corrected chi connectivity index (χ3v) is 4.90. The van der Waals surface area contributed by atoms with Gasteiger partial charge in [-0.15, -0.1) is 11.3 Å². The van der Waals surface area contributed by atoms with E-state index in [4.69, 9.17) is 0 Å². The van der Waals surface area contributed by atoms with Gasteiger partial charge in [0.15, 0.2) is 0 Å². The average molecular weight is 294 g/mol. The van der Waals surface area contributed by atoms with Crippen LogP contribution in [-0.2, 0) is 6.54 Å². The maximum Gasteiger partial charge on any atom is 0.0701 e. The number of halogens is 1. The van der Waals surface area contributed by atoms with Gasteiger partial charge in [-0.3, -0.25) is 0 Å². The van der Waals surface area contributed by atoms with E-state index >= 15 is 0 Å². The fourth-order valence-corrected chi connectivity index (χ4v) is 2.70. The molecule has 1 heterocycles. The molecule has 0 spiro atoms. The lowest BCUT2D eigenvalue weighted by Crippen LogP contribution is -2.31. The van der Waals surface area contributed by atoms with Crippen LogP contribution in [0.3, 0.4) is 0 Å². The number of nitrogens with one attached hydrogen (secondary N) is 1. The van der Waals surface area contributed by atoms with Crippen molar-refractivity contribution in [1.29, 1.82) is 0 Å². The van der Waals surface area contributed by atoms with Crippen LogP contribution in [0.2, 0.25) is 0 Å². The van der Waals surface area contributed by atoms with Gasteiger partial charge in [-0.2, -0.15) is 11.8 Å². The molecular formula is C10H16BrNS2. The van der Waals surface area contributed by atoms with Crippen LogP contribution in [0.15, 0.2) is 15.9 Å². The summed E-state index contributed by atoms with van der Waals surface area (Å²) in [7, 11) is 0. The van der Waals surface area contributed by atoms with Crippen LogP contribution >= 0.6 is 39.0 Å². The van der Waals surface area contributed by atoms with Crippen molar-refractivity contribution in [2.24, 2.45) is 0 Å². The molecule has 4 heteroatoms. The fraction of sp³-hybridized carbons (Fsp3) is 0.600. The quantitative estimate of drug-likeness (QED) is 0.888. The maximum atomic E-state index is 3.47. The Morgan fingerprint density at radius 1 is 1.50 bits per heavy atom. The summed E-state index contributed by atoms with van der Waals surface area (Å²) < 4.78 is 1.53. The molecule has 0 atom stereocenters. The molecule has 1 aromatic heterocycles. The molecule has 1 aromatic rings. The van der Waals surface area contributed by atoms with Gasteiger partial charge in [0.25, 0.3) is 0 Å². The molecule has 0 unspecified atom stereocenters. The van der Waals surface area contributed by atoms with E-state index in [1.165, 1.54) is 8.66 Å². The van der Waals surface area contributed by atoms with Gasteiger partial charge in [-0.25, -0.2) is 0 Å². The third-order valence-electron chi connectivity index (χ3n) is 2.03. The highest BCUT2D eigenvalue weighted by atomic mass is 79.9. The second kappa shape index (κ2) is 5.54. The molecule has 1 nitrogen and oxygen atoms in total. The Balaban J connectivity index is 2.28. The van der Waals surface area contributed by atoms with E-state index in [1.807, 2.05) is 11.8 Å². The first-order valence-electron chi connectivity index (χ1n) is 4.53. The van der Waals surface area contributed by atoms with Crippen LogP contribution in [0.5, 0.6) is 0 Å². The van der Waals surface area contributed by atoms with Gasteiger partial charge in [-0.1, -0.05) is 0 Å². The van der Waals surface area contributed by atoms with Crippen LogP contribution in [-0.4, -0.2) is 17.5 Å². The molecule has 0 saturated carbocycles. The third kappa shape index (κ3) is 4.34. The lowest BCUT2D eigenvalue weighted by Gasteiger charge is -2.22. The van der Waals surface area contributed by atoms with Crippen molar-refractivity contribution in [2.75, 3.05) is 12.8 Å². The topological polar surface area (TPSA) is 12.0 Å². The summed E-state index contributed by atoms with van der Waals surface area (Å²) in [5.74, 6) is 0. The van der Waals surface area contributed by atoms with Crippen LogP contribution in [0, 0.1) is 0 Å². The lowest BCUT2D eigenvalue weighted by atomic mass is 10.2. The molecule has 0 aliphatic carbocycles. The van der Waals surface area contributed by atoms with Gasteiger partial charge in [0.1, 0.15) is 0 Å². The van der Waals surface area contributed by atoms with Crippen molar-refractivity contribution in [2.45, 2.75) is 25.1 Å². The van der Waals surface area contributed by atoms with Crippen LogP contribution < -0.4 is 5.32 Å². The molecule has 0 bridgehead atoms. The molecule has 80 valence electrons. The number of thioether (sulfide) groups is 1. The van der Waals surface area contributed by atoms with E-state index in [0.717, 1.165) is 13.1 Å². The molecule has 0 aliphatic rings. The van der Waals surface area contributed by atoms with E-state index in [9.17, 15) is 0 Å². The number of rotatable bonds is 5. The van der Waals surface area contributed by atoms with Crippen molar-refractivity contribution in [1.82, 2.24) is 5.32 Å². The minimum atomic E-state index is 0.328. The molecule has 0 radical (unpaired) electrons. The zero-order valence-corrected chi connectivity index (χ0v) is 12.0. The van der Waals surface area contributed by atoms with Crippen LogP contribution in [0.4, 0.5) is 0 Å². The minimum Gasteiger partial charge on any atom is -0.310 e. The summed E-state index contributed by atoms with van der Waals surface area (Å²) >= 11 is 7.16. The molecule has 0 amide bonds. The van der Waals surface area contributed by atoms with Gasteiger partial charge in [0, 0.05) is 22.7 Å². The van der Waals surface area contributed by atoms with Crippen molar-refractivity contribution in [3.05, 3.63) is 20.8 Å². The highest BCUT2D eigenvalue weighted by molar-refractivity contribution is 9.11. The molecule has 0 fully saturated rings. The summed E-state index contributed by atoms with van der Waals surface area (Å²) in [6.45, 7) is 6.54. The smallest absolute Gasteiger partial charge is 0.0701 e. The largest absolute Gasteiger partial charge is 0.310 e. The first-order valence-corrected chi connectivity index (χ1v) is 7.37. The zero-order valence-electron chi connectivity index (χ0n) is 8.76. The first kappa shape index (κ1) is 12.6. The predicted molar refractivity (Wildman–Crippen MR) is 71.3 cm³/mol. The molecule has 0 saturated heterocycles. The van der Waals surface area contributed by atoms with Gasteiger partial charge >= 0.3 is 0 Å². The SMILES string of the molecule is CSC(C)(C)CNCc1ccc(Br)s1. The molecule has 0 aromatic carbocycles. The van der Waals surface area contributed by atoms with Gasteiger partial charge in [0.05, 0.1) is 3.79 Å². The highest BCUT2D eigenvalue weighted by Gasteiger charge is 2.14. The second-order valence-electron chi connectivity index (χ2n) is 3.77. The second-order valence-corrected chi connectivity index (χ2v) is 7.83. The Kier molecular flexibility index (Phi) is 4.97. The van der Waals surface area contributed by atoms with E-state index in [-0.39, 0.29) is 0 Å². The summed E-state index contributed by atoms with van der Waals surface area (Å²) in [5, 5.41) is 3.47. The van der Waals surface area contributed by atoms with Crippen molar-refractivity contribution in [3.63, 3.8) is 0 Å². The lowest BCUT2D eigenvalue weighted by molar-refractivity contribution is 0.594. The predicted octanol–water partition coefficient (Wildman–Crippen LogP) is 3.74. The van der Waals surface area contributed by atoms with Gasteiger partial charge in [0.2, 0.25) is 0 Å². The van der Waals surface area contributed by atoms with Crippen molar-refractivity contribution in [3.8, 4) is 0 Å². The molecule has 0 aliphatic heterocycles. The highest BCUT2D eigenvalue weighted by Crippen LogP contribution is 2.23. The Morgan fingerprint density at radius 2 is 2.21 bits per heavy atom. The zero-order chi connectivity index (χ0) is 10.6. The van der Waals surface area contributed by atoms with Crippen molar-refractivity contribution < 1.29 is 0 Å². The molecule has 1 N–H and O–H groups in total. The standard InChI is InChI=1S/C10H16BrNS2/c1-10(2,13-3)7-12-6-8-4-5-9(11)14-8/h4-5,12H,6-7H2,1-3H3. The van der Waals surface area contributed by atoms with E-state index < -0.39 is 0 Å². The summed E-state index contributed by atoms with van der Waals surface area (Å²) in [6.07, 6.45) is 2.16. The number of hydrogen-bond donors (Lipinski definition) is 1. The Morgan fingerprint density at radius 3 is 2.71 bits per heavy atom. The minimum absolute atomic E-state index is 0.328. The van der Waals surface area contributed by atoms with E-state index in [2.05, 4.69) is 53.5 Å². The molecular weight excluding hydrogens is 278 g/mol. The van der Waals surface area contributed by atoms with Crippen LogP contribution in [0.1, 0.15) is 18.7 Å². The summed E-state index contributed by atoms with van der Waals surface area (Å²) in [4.78, 5) is 1.38. The van der Waals surface area contributed by atoms with E-state index in [0.29, 0.717) is 4.75 Å². The fourth-order valence-electron chi connectivity index (χ4n) is 1.01.